The second-order valence-corrected chi connectivity index (χ2v) is 9.45. The van der Waals surface area contributed by atoms with Crippen molar-refractivity contribution in [3.63, 3.8) is 0 Å². The first-order valence-corrected chi connectivity index (χ1v) is 12.1. The smallest absolute Gasteiger partial charge is 0.411 e. The summed E-state index contributed by atoms with van der Waals surface area (Å²) in [5, 5.41) is 5.85. The number of amides is 3. The minimum atomic E-state index is -0.848. The lowest BCUT2D eigenvalue weighted by molar-refractivity contribution is -0.126. The van der Waals surface area contributed by atoms with Gasteiger partial charge in [-0.1, -0.05) is 74.0 Å². The molecule has 1 aliphatic rings. The minimum Gasteiger partial charge on any atom is -0.438 e. The fourth-order valence-corrected chi connectivity index (χ4v) is 4.18. The van der Waals surface area contributed by atoms with Crippen LogP contribution < -0.4 is 10.6 Å². The van der Waals surface area contributed by atoms with Crippen molar-refractivity contribution < 1.29 is 19.1 Å². The first-order valence-electron chi connectivity index (χ1n) is 12.1. The van der Waals surface area contributed by atoms with E-state index in [0.29, 0.717) is 23.4 Å². The number of aryl methyl sites for hydroxylation is 1. The van der Waals surface area contributed by atoms with E-state index in [1.165, 1.54) is 4.90 Å². The van der Waals surface area contributed by atoms with Crippen LogP contribution in [0.2, 0.25) is 0 Å². The molecular weight excluding hydrogens is 454 g/mol. The molecule has 3 amide bonds. The Morgan fingerprint density at radius 1 is 0.972 bits per heavy atom. The molecule has 0 radical (unpaired) electrons. The van der Waals surface area contributed by atoms with E-state index in [1.807, 2.05) is 69.3 Å². The molecule has 0 unspecified atom stereocenters. The van der Waals surface area contributed by atoms with Crippen LogP contribution in [0.3, 0.4) is 0 Å². The molecule has 4 rings (SSSR count). The molecule has 186 valence electrons. The molecule has 36 heavy (non-hydrogen) atoms. The van der Waals surface area contributed by atoms with Crippen molar-refractivity contribution in [2.24, 2.45) is 5.92 Å². The second kappa shape index (κ2) is 11.1. The van der Waals surface area contributed by atoms with Crippen molar-refractivity contribution in [2.45, 2.75) is 39.5 Å². The average molecular weight is 486 g/mol. The van der Waals surface area contributed by atoms with Gasteiger partial charge in [-0.15, -0.1) is 0 Å². The minimum absolute atomic E-state index is 0.240. The van der Waals surface area contributed by atoms with Crippen molar-refractivity contribution >= 4 is 23.6 Å². The third-order valence-electron chi connectivity index (χ3n) is 5.99. The highest BCUT2D eigenvalue weighted by Gasteiger charge is 2.47. The second-order valence-electron chi connectivity index (χ2n) is 9.45. The number of hydrogen-bond acceptors (Lipinski definition) is 4. The van der Waals surface area contributed by atoms with Crippen molar-refractivity contribution in [1.82, 2.24) is 10.2 Å². The van der Waals surface area contributed by atoms with Crippen LogP contribution in [0.15, 0.2) is 78.9 Å². The molecular formula is C29H31N3O4. The van der Waals surface area contributed by atoms with Crippen molar-refractivity contribution in [3.05, 3.63) is 101 Å². The number of nitrogens with one attached hydrogen (secondary N) is 2. The van der Waals surface area contributed by atoms with Gasteiger partial charge in [-0.05, 0) is 48.2 Å². The Labute approximate surface area is 211 Å². The molecule has 0 bridgehead atoms. The van der Waals surface area contributed by atoms with Crippen LogP contribution in [0.4, 0.5) is 10.5 Å². The Bertz CT molecular complexity index is 1240. The van der Waals surface area contributed by atoms with E-state index >= 15 is 0 Å². The fraction of sp³-hybridized carbons (Fsp3) is 0.276. The van der Waals surface area contributed by atoms with E-state index in [0.717, 1.165) is 11.1 Å². The Morgan fingerprint density at radius 2 is 1.72 bits per heavy atom. The highest BCUT2D eigenvalue weighted by molar-refractivity contribution is 6.04. The van der Waals surface area contributed by atoms with Gasteiger partial charge < -0.3 is 15.4 Å². The van der Waals surface area contributed by atoms with Crippen LogP contribution in [0, 0.1) is 12.8 Å². The number of ether oxygens (including phenoxy) is 1. The van der Waals surface area contributed by atoms with E-state index in [2.05, 4.69) is 10.6 Å². The van der Waals surface area contributed by atoms with Gasteiger partial charge in [0.2, 0.25) is 5.91 Å². The maximum atomic E-state index is 13.3. The fourth-order valence-electron chi connectivity index (χ4n) is 4.18. The zero-order chi connectivity index (χ0) is 25.7. The Morgan fingerprint density at radius 3 is 2.44 bits per heavy atom. The maximum absolute atomic E-state index is 13.3. The quantitative estimate of drug-likeness (QED) is 0.466. The summed E-state index contributed by atoms with van der Waals surface area (Å²) in [6.07, 6.45) is -1.37. The highest BCUT2D eigenvalue weighted by Crippen LogP contribution is 2.35. The molecule has 2 N–H and O–H groups in total. The summed E-state index contributed by atoms with van der Waals surface area (Å²) >= 11 is 0. The van der Waals surface area contributed by atoms with Gasteiger partial charge in [0.15, 0.2) is 12.1 Å². The molecule has 0 saturated carbocycles. The summed E-state index contributed by atoms with van der Waals surface area (Å²) in [5.41, 5.74) is 3.62. The molecule has 3 aromatic rings. The third-order valence-corrected chi connectivity index (χ3v) is 5.99. The standard InChI is InChI=1S/C29H31N3O4/c1-19(2)17-30-28(34)25-26(36-29(35)32(25)18-21-10-5-4-6-11-21)22-12-8-14-24(16-22)31-27(33)23-13-7-9-20(3)15-23/h4-16,19,25-26H,17-18H2,1-3H3,(H,30,34)(H,31,33)/t25-,26-/m0/s1. The molecule has 7 heteroatoms. The monoisotopic (exact) mass is 485 g/mol. The topological polar surface area (TPSA) is 87.7 Å². The summed E-state index contributed by atoms with van der Waals surface area (Å²) in [6, 6.07) is 23.1. The molecule has 3 aromatic carbocycles. The van der Waals surface area contributed by atoms with Gasteiger partial charge in [-0.25, -0.2) is 4.79 Å². The summed E-state index contributed by atoms with van der Waals surface area (Å²) in [6.45, 7) is 6.69. The maximum Gasteiger partial charge on any atom is 0.411 e. The Balaban J connectivity index is 1.60. The van der Waals surface area contributed by atoms with E-state index in [9.17, 15) is 14.4 Å². The van der Waals surface area contributed by atoms with Crippen molar-refractivity contribution in [1.29, 1.82) is 0 Å². The number of cyclic esters (lactones) is 1. The summed E-state index contributed by atoms with van der Waals surface area (Å²) in [7, 11) is 0. The Hall–Kier alpha value is -4.13. The number of hydrogen-bond donors (Lipinski definition) is 2. The van der Waals surface area contributed by atoms with Crippen LogP contribution in [0.25, 0.3) is 0 Å². The summed E-state index contributed by atoms with van der Waals surface area (Å²) < 4.78 is 5.75. The highest BCUT2D eigenvalue weighted by atomic mass is 16.6. The third kappa shape index (κ3) is 5.92. The van der Waals surface area contributed by atoms with Crippen LogP contribution in [0.1, 0.15) is 47.0 Å². The average Bonchev–Trinajstić information content (AvgIpc) is 3.19. The van der Waals surface area contributed by atoms with E-state index < -0.39 is 18.2 Å². The van der Waals surface area contributed by atoms with Gasteiger partial charge in [0, 0.05) is 17.8 Å². The predicted octanol–water partition coefficient (Wildman–Crippen LogP) is 5.08. The van der Waals surface area contributed by atoms with Crippen LogP contribution in [0.5, 0.6) is 0 Å². The van der Waals surface area contributed by atoms with Gasteiger partial charge in [0.25, 0.3) is 5.91 Å². The predicted molar refractivity (Wildman–Crippen MR) is 138 cm³/mol. The van der Waals surface area contributed by atoms with Crippen LogP contribution >= 0.6 is 0 Å². The Kier molecular flexibility index (Phi) is 7.68. The van der Waals surface area contributed by atoms with Gasteiger partial charge in [-0.2, -0.15) is 0 Å². The number of rotatable bonds is 8. The van der Waals surface area contributed by atoms with Crippen molar-refractivity contribution in [2.75, 3.05) is 11.9 Å². The molecule has 7 nitrogen and oxygen atoms in total. The molecule has 1 heterocycles. The first-order chi connectivity index (χ1) is 17.3. The number of anilines is 1. The van der Waals surface area contributed by atoms with Crippen LogP contribution in [-0.4, -0.2) is 35.4 Å². The van der Waals surface area contributed by atoms with E-state index in [-0.39, 0.29) is 24.3 Å². The molecule has 0 aromatic heterocycles. The molecule has 2 atom stereocenters. The normalized spacial score (nSPS) is 17.1. The molecule has 0 aliphatic carbocycles. The van der Waals surface area contributed by atoms with Gasteiger partial charge >= 0.3 is 6.09 Å². The van der Waals surface area contributed by atoms with Gasteiger partial charge in [0.05, 0.1) is 6.54 Å². The summed E-state index contributed by atoms with van der Waals surface area (Å²) in [4.78, 5) is 40.5. The number of carbonyl (C=O) groups is 3. The van der Waals surface area contributed by atoms with E-state index in [4.69, 9.17) is 4.74 Å². The first kappa shape index (κ1) is 25.0. The summed E-state index contributed by atoms with van der Waals surface area (Å²) in [5.74, 6) is -0.256. The van der Waals surface area contributed by atoms with Crippen LogP contribution in [-0.2, 0) is 16.1 Å². The zero-order valence-corrected chi connectivity index (χ0v) is 20.7. The molecule has 1 aliphatic heterocycles. The SMILES string of the molecule is Cc1cccc(C(=O)Nc2cccc([C@@H]3OC(=O)N(Cc4ccccc4)[C@@H]3C(=O)NCC(C)C)c2)c1. The number of benzene rings is 3. The van der Waals surface area contributed by atoms with Gasteiger partial charge in [-0.3, -0.25) is 14.5 Å². The lowest BCUT2D eigenvalue weighted by Gasteiger charge is -2.25. The molecule has 0 spiro atoms. The largest absolute Gasteiger partial charge is 0.438 e. The van der Waals surface area contributed by atoms with Gasteiger partial charge in [0.1, 0.15) is 0 Å². The number of carbonyl (C=O) groups excluding carboxylic acids is 3. The lowest BCUT2D eigenvalue weighted by atomic mass is 9.99. The molecule has 1 fully saturated rings. The van der Waals surface area contributed by atoms with E-state index in [1.54, 1.807) is 30.3 Å². The van der Waals surface area contributed by atoms with Crippen molar-refractivity contribution in [3.8, 4) is 0 Å². The molecule has 1 saturated heterocycles. The lowest BCUT2D eigenvalue weighted by Crippen LogP contribution is -2.47. The number of nitrogens with zero attached hydrogens (tertiary/aromatic N) is 1. The zero-order valence-electron chi connectivity index (χ0n) is 20.7.